The summed E-state index contributed by atoms with van der Waals surface area (Å²) in [5.74, 6) is -0.617. The number of nitrogens with zero attached hydrogens (tertiary/aromatic N) is 1. The topological polar surface area (TPSA) is 41.7 Å². The van der Waals surface area contributed by atoms with E-state index in [-0.39, 0.29) is 12.3 Å². The lowest BCUT2D eigenvalue weighted by Crippen LogP contribution is -2.14. The Morgan fingerprint density at radius 2 is 2.00 bits per heavy atom. The number of pyridine rings is 1. The fourth-order valence-corrected chi connectivity index (χ4v) is 4.30. The SMILES string of the molecule is O=C(O)CC1CCCc2c1c(Cc1ccc(Cl)cc1)c1ccccn21. The second kappa shape index (κ2) is 6.57. The lowest BCUT2D eigenvalue weighted by molar-refractivity contribution is -0.137. The molecule has 128 valence electrons. The zero-order valence-corrected chi connectivity index (χ0v) is 14.7. The number of rotatable bonds is 4. The van der Waals surface area contributed by atoms with E-state index >= 15 is 0 Å². The lowest BCUT2D eigenvalue weighted by Gasteiger charge is -2.23. The Labute approximate surface area is 151 Å². The standard InChI is InChI=1S/C21H20ClNO2/c22-16-9-7-14(8-10-16)12-17-18-5-1-2-11-23(18)19-6-3-4-15(21(17)19)13-20(24)25/h1-2,5,7-11,15H,3-4,6,12-13H2,(H,24,25). The molecule has 1 unspecified atom stereocenters. The molecule has 0 aliphatic heterocycles. The Bertz CT molecular complexity index is 927. The third-order valence-corrected chi connectivity index (χ3v) is 5.44. The van der Waals surface area contributed by atoms with Crippen LogP contribution in [0.1, 0.15) is 47.6 Å². The first-order chi connectivity index (χ1) is 12.1. The summed E-state index contributed by atoms with van der Waals surface area (Å²) in [5.41, 5.74) is 6.21. The molecule has 2 aromatic heterocycles. The van der Waals surface area contributed by atoms with Crippen molar-refractivity contribution < 1.29 is 9.90 Å². The van der Waals surface area contributed by atoms with Gasteiger partial charge in [0.1, 0.15) is 0 Å². The van der Waals surface area contributed by atoms with Crippen LogP contribution < -0.4 is 0 Å². The largest absolute Gasteiger partial charge is 0.481 e. The van der Waals surface area contributed by atoms with Gasteiger partial charge in [-0.2, -0.15) is 0 Å². The smallest absolute Gasteiger partial charge is 0.303 e. The van der Waals surface area contributed by atoms with Crippen LogP contribution in [0.5, 0.6) is 0 Å². The van der Waals surface area contributed by atoms with E-state index in [9.17, 15) is 9.90 Å². The van der Waals surface area contributed by atoms with Crippen LogP contribution in [0.2, 0.25) is 5.02 Å². The first-order valence-electron chi connectivity index (χ1n) is 8.70. The van der Waals surface area contributed by atoms with Gasteiger partial charge in [0.15, 0.2) is 0 Å². The molecule has 1 aliphatic carbocycles. The predicted molar refractivity (Wildman–Crippen MR) is 99.6 cm³/mol. The molecule has 1 atom stereocenters. The van der Waals surface area contributed by atoms with Crippen molar-refractivity contribution in [2.75, 3.05) is 0 Å². The van der Waals surface area contributed by atoms with Crippen molar-refractivity contribution in [3.05, 3.63) is 76.1 Å². The van der Waals surface area contributed by atoms with Crippen LogP contribution in [0.15, 0.2) is 48.7 Å². The third-order valence-electron chi connectivity index (χ3n) is 5.19. The molecule has 0 saturated carbocycles. The second-order valence-corrected chi connectivity index (χ2v) is 7.22. The van der Waals surface area contributed by atoms with Crippen molar-refractivity contribution in [2.45, 2.75) is 38.0 Å². The molecule has 1 aromatic carbocycles. The summed E-state index contributed by atoms with van der Waals surface area (Å²) >= 11 is 6.02. The molecule has 0 saturated heterocycles. The van der Waals surface area contributed by atoms with E-state index in [0.717, 1.165) is 30.7 Å². The minimum atomic E-state index is -0.717. The molecule has 0 radical (unpaired) electrons. The van der Waals surface area contributed by atoms with Crippen LogP contribution in [0.4, 0.5) is 0 Å². The monoisotopic (exact) mass is 353 g/mol. The highest BCUT2D eigenvalue weighted by Gasteiger charge is 2.29. The number of carboxylic acids is 1. The number of carbonyl (C=O) groups is 1. The maximum absolute atomic E-state index is 11.4. The minimum Gasteiger partial charge on any atom is -0.481 e. The number of benzene rings is 1. The van der Waals surface area contributed by atoms with Crippen LogP contribution >= 0.6 is 11.6 Å². The van der Waals surface area contributed by atoms with E-state index < -0.39 is 5.97 Å². The fraction of sp³-hybridized carbons (Fsp3) is 0.286. The summed E-state index contributed by atoms with van der Waals surface area (Å²) in [4.78, 5) is 11.4. The quantitative estimate of drug-likeness (QED) is 0.710. The van der Waals surface area contributed by atoms with Gasteiger partial charge in [-0.15, -0.1) is 0 Å². The summed E-state index contributed by atoms with van der Waals surface area (Å²) in [5, 5.41) is 10.1. The summed E-state index contributed by atoms with van der Waals surface area (Å²) in [6.45, 7) is 0. The maximum Gasteiger partial charge on any atom is 0.303 e. The molecule has 4 rings (SSSR count). The minimum absolute atomic E-state index is 0.100. The first-order valence-corrected chi connectivity index (χ1v) is 9.08. The summed E-state index contributed by atoms with van der Waals surface area (Å²) < 4.78 is 2.26. The van der Waals surface area contributed by atoms with Gasteiger partial charge >= 0.3 is 5.97 Å². The van der Waals surface area contributed by atoms with Crippen molar-refractivity contribution in [1.29, 1.82) is 0 Å². The average Bonchev–Trinajstić information content (AvgIpc) is 2.92. The van der Waals surface area contributed by atoms with Crippen molar-refractivity contribution in [2.24, 2.45) is 0 Å². The molecule has 0 amide bonds. The Morgan fingerprint density at radius 1 is 1.20 bits per heavy atom. The Morgan fingerprint density at radius 3 is 2.76 bits per heavy atom. The molecular formula is C21H20ClNO2. The van der Waals surface area contributed by atoms with E-state index in [0.29, 0.717) is 0 Å². The normalized spacial score (nSPS) is 16.8. The van der Waals surface area contributed by atoms with E-state index in [1.807, 2.05) is 18.2 Å². The number of aliphatic carboxylic acids is 1. The van der Waals surface area contributed by atoms with Crippen LogP contribution in [-0.2, 0) is 17.6 Å². The number of hydrogen-bond donors (Lipinski definition) is 1. The number of carboxylic acid groups (broad SMARTS) is 1. The van der Waals surface area contributed by atoms with Gasteiger partial charge < -0.3 is 9.51 Å². The van der Waals surface area contributed by atoms with Crippen molar-refractivity contribution >= 4 is 23.1 Å². The van der Waals surface area contributed by atoms with E-state index in [1.54, 1.807) is 0 Å². The highest BCUT2D eigenvalue weighted by atomic mass is 35.5. The number of aromatic nitrogens is 1. The van der Waals surface area contributed by atoms with Gasteiger partial charge in [0, 0.05) is 22.4 Å². The number of aryl methyl sites for hydroxylation is 1. The summed E-state index contributed by atoms with van der Waals surface area (Å²) in [6, 6.07) is 14.2. The van der Waals surface area contributed by atoms with Gasteiger partial charge in [-0.3, -0.25) is 4.79 Å². The molecule has 25 heavy (non-hydrogen) atoms. The Balaban J connectivity index is 1.86. The molecule has 0 fully saturated rings. The van der Waals surface area contributed by atoms with Gasteiger partial charge in [-0.1, -0.05) is 29.8 Å². The molecule has 2 heterocycles. The van der Waals surface area contributed by atoms with E-state index in [1.165, 1.54) is 27.9 Å². The molecule has 3 nitrogen and oxygen atoms in total. The van der Waals surface area contributed by atoms with Gasteiger partial charge in [0.05, 0.1) is 6.42 Å². The zero-order chi connectivity index (χ0) is 17.4. The molecule has 0 spiro atoms. The first kappa shape index (κ1) is 16.2. The number of hydrogen-bond acceptors (Lipinski definition) is 1. The second-order valence-electron chi connectivity index (χ2n) is 6.79. The lowest BCUT2D eigenvalue weighted by atomic mass is 9.81. The van der Waals surface area contributed by atoms with Crippen molar-refractivity contribution in [1.82, 2.24) is 4.40 Å². The number of halogens is 1. The Hall–Kier alpha value is -2.26. The predicted octanol–water partition coefficient (Wildman–Crippen LogP) is 5.08. The molecular weight excluding hydrogens is 334 g/mol. The zero-order valence-electron chi connectivity index (χ0n) is 13.9. The van der Waals surface area contributed by atoms with Crippen molar-refractivity contribution in [3.63, 3.8) is 0 Å². The van der Waals surface area contributed by atoms with E-state index in [4.69, 9.17) is 11.6 Å². The fourth-order valence-electron chi connectivity index (χ4n) is 4.17. The number of fused-ring (bicyclic) bond motifs is 3. The van der Waals surface area contributed by atoms with Gasteiger partial charge in [0.25, 0.3) is 0 Å². The summed E-state index contributed by atoms with van der Waals surface area (Å²) in [7, 11) is 0. The van der Waals surface area contributed by atoms with Crippen LogP contribution in [0.25, 0.3) is 5.52 Å². The van der Waals surface area contributed by atoms with E-state index in [2.05, 4.69) is 34.9 Å². The van der Waals surface area contributed by atoms with Crippen LogP contribution in [-0.4, -0.2) is 15.5 Å². The van der Waals surface area contributed by atoms with Gasteiger partial charge in [-0.25, -0.2) is 0 Å². The average molecular weight is 354 g/mol. The molecule has 0 bridgehead atoms. The highest BCUT2D eigenvalue weighted by Crippen LogP contribution is 2.40. The van der Waals surface area contributed by atoms with Gasteiger partial charge in [0.2, 0.25) is 0 Å². The molecule has 4 heteroatoms. The van der Waals surface area contributed by atoms with Crippen LogP contribution in [0.3, 0.4) is 0 Å². The summed E-state index contributed by atoms with van der Waals surface area (Å²) in [6.07, 6.45) is 6.11. The van der Waals surface area contributed by atoms with Gasteiger partial charge in [-0.05, 0) is 72.6 Å². The molecule has 1 N–H and O–H groups in total. The molecule has 1 aliphatic rings. The third kappa shape index (κ3) is 3.05. The highest BCUT2D eigenvalue weighted by molar-refractivity contribution is 6.30. The Kier molecular flexibility index (Phi) is 4.26. The maximum atomic E-state index is 11.4. The van der Waals surface area contributed by atoms with Crippen LogP contribution in [0, 0.1) is 0 Å². The molecule has 3 aromatic rings. The van der Waals surface area contributed by atoms with Crippen molar-refractivity contribution in [3.8, 4) is 0 Å².